The van der Waals surface area contributed by atoms with Crippen LogP contribution >= 0.6 is 0 Å². The fourth-order valence-corrected chi connectivity index (χ4v) is 5.76. The van der Waals surface area contributed by atoms with Crippen molar-refractivity contribution in [2.24, 2.45) is 0 Å². The lowest BCUT2D eigenvalue weighted by Gasteiger charge is -2.12. The summed E-state index contributed by atoms with van der Waals surface area (Å²) in [5.74, 6) is 0.750. The summed E-state index contributed by atoms with van der Waals surface area (Å²) < 4.78 is 24.7. The van der Waals surface area contributed by atoms with Crippen LogP contribution in [0.1, 0.15) is 17.3 Å². The number of para-hydroxylation sites is 1. The van der Waals surface area contributed by atoms with E-state index in [2.05, 4.69) is 32.7 Å². The first-order valence-corrected chi connectivity index (χ1v) is 13.2. The zero-order valence-corrected chi connectivity index (χ0v) is 21.3. The molecule has 0 saturated carbocycles. The molecule has 4 aromatic carbocycles. The predicted molar refractivity (Wildman–Crippen MR) is 158 cm³/mol. The molecule has 8 aromatic rings. The molecule has 0 spiro atoms. The van der Waals surface area contributed by atoms with Crippen LogP contribution < -0.4 is 0 Å². The second kappa shape index (κ2) is 8.89. The Labute approximate surface area is 229 Å². The van der Waals surface area contributed by atoms with Crippen molar-refractivity contribution >= 4 is 43.7 Å². The van der Waals surface area contributed by atoms with Crippen LogP contribution in [0.2, 0.25) is 0 Å². The highest BCUT2D eigenvalue weighted by molar-refractivity contribution is 6.21. The molecule has 0 aliphatic carbocycles. The van der Waals surface area contributed by atoms with E-state index >= 15 is 4.39 Å². The van der Waals surface area contributed by atoms with E-state index in [4.69, 9.17) is 4.42 Å². The van der Waals surface area contributed by atoms with Crippen LogP contribution in [0.5, 0.6) is 0 Å². The topological polar surface area (TPSA) is 43.9 Å². The van der Waals surface area contributed by atoms with Gasteiger partial charge in [-0.1, -0.05) is 66.7 Å². The molecule has 5 heteroatoms. The molecule has 0 bridgehead atoms. The number of furan rings is 1. The highest BCUT2D eigenvalue weighted by Crippen LogP contribution is 2.41. The Bertz CT molecular complexity index is 2180. The zero-order valence-electron chi connectivity index (χ0n) is 21.3. The minimum atomic E-state index is -1.31. The molecule has 0 N–H and O–H groups in total. The number of nitrogens with zero attached hydrogens (tertiary/aromatic N) is 3. The van der Waals surface area contributed by atoms with Crippen molar-refractivity contribution in [3.63, 3.8) is 0 Å². The molecule has 0 aliphatic rings. The van der Waals surface area contributed by atoms with Gasteiger partial charge in [0.15, 0.2) is 11.8 Å². The minimum Gasteiger partial charge on any atom is -0.454 e. The molecule has 4 heterocycles. The lowest BCUT2D eigenvalue weighted by molar-refractivity contribution is 0.402. The maximum Gasteiger partial charge on any atom is 0.160 e. The molecule has 4 aromatic heterocycles. The maximum atomic E-state index is 16.2. The number of rotatable bonds is 4. The van der Waals surface area contributed by atoms with Gasteiger partial charge in [-0.05, 0) is 59.7 Å². The molecular weight excluding hydrogens is 497 g/mol. The molecule has 1 unspecified atom stereocenters. The maximum absolute atomic E-state index is 16.2. The van der Waals surface area contributed by atoms with Crippen molar-refractivity contribution < 1.29 is 8.81 Å². The molecule has 40 heavy (non-hydrogen) atoms. The third kappa shape index (κ3) is 3.45. The van der Waals surface area contributed by atoms with E-state index < -0.39 is 6.17 Å². The number of fused-ring (bicyclic) bond motifs is 7. The van der Waals surface area contributed by atoms with Gasteiger partial charge in [0, 0.05) is 39.5 Å². The zero-order chi connectivity index (χ0) is 26.6. The van der Waals surface area contributed by atoms with Gasteiger partial charge in [0.25, 0.3) is 0 Å². The molecule has 4 nitrogen and oxygen atoms in total. The average molecular weight is 520 g/mol. The Morgan fingerprint density at radius 2 is 1.40 bits per heavy atom. The Morgan fingerprint density at radius 3 is 2.25 bits per heavy atom. The number of alkyl halides is 1. The highest BCUT2D eigenvalue weighted by atomic mass is 19.1. The van der Waals surface area contributed by atoms with Gasteiger partial charge in [-0.3, -0.25) is 9.55 Å². The summed E-state index contributed by atoms with van der Waals surface area (Å²) >= 11 is 0. The molecule has 0 amide bonds. The van der Waals surface area contributed by atoms with E-state index in [1.54, 1.807) is 12.4 Å². The summed E-state index contributed by atoms with van der Waals surface area (Å²) in [5, 5.41) is 4.15. The van der Waals surface area contributed by atoms with Gasteiger partial charge in [-0.25, -0.2) is 9.37 Å². The first kappa shape index (κ1) is 22.7. The predicted octanol–water partition coefficient (Wildman–Crippen LogP) is 9.20. The van der Waals surface area contributed by atoms with Crippen LogP contribution in [0.4, 0.5) is 4.39 Å². The number of hydrogen-bond donors (Lipinski definition) is 0. The Balaban J connectivity index is 1.37. The number of pyridine rings is 2. The smallest absolute Gasteiger partial charge is 0.160 e. The molecule has 0 saturated heterocycles. The molecule has 190 valence electrons. The first-order valence-electron chi connectivity index (χ1n) is 13.2. The van der Waals surface area contributed by atoms with Gasteiger partial charge in [0.2, 0.25) is 0 Å². The van der Waals surface area contributed by atoms with E-state index in [1.807, 2.05) is 97.1 Å². The van der Waals surface area contributed by atoms with Gasteiger partial charge in [-0.2, -0.15) is 0 Å². The summed E-state index contributed by atoms with van der Waals surface area (Å²) in [6.45, 7) is 0. The monoisotopic (exact) mass is 519 g/mol. The molecule has 0 radical (unpaired) electrons. The third-order valence-electron chi connectivity index (χ3n) is 7.61. The molecular formula is C35H22FN3O. The number of halogens is 1. The lowest BCUT2D eigenvalue weighted by atomic mass is 9.98. The molecule has 0 fully saturated rings. The van der Waals surface area contributed by atoms with Gasteiger partial charge in [0.05, 0.1) is 16.7 Å². The number of hydrogen-bond acceptors (Lipinski definition) is 3. The lowest BCUT2D eigenvalue weighted by Crippen LogP contribution is -1.99. The normalized spacial score (nSPS) is 12.5. The van der Waals surface area contributed by atoms with Gasteiger partial charge in [-0.15, -0.1) is 0 Å². The summed E-state index contributed by atoms with van der Waals surface area (Å²) in [6, 6.07) is 37.2. The van der Waals surface area contributed by atoms with Crippen LogP contribution in [-0.4, -0.2) is 14.5 Å². The van der Waals surface area contributed by atoms with Crippen molar-refractivity contribution in [2.75, 3.05) is 0 Å². The summed E-state index contributed by atoms with van der Waals surface area (Å²) in [6.07, 6.45) is 2.21. The third-order valence-corrected chi connectivity index (χ3v) is 7.61. The standard InChI is InChI=1S/C35H22FN3O/c36-33(23-9-7-8-22(20-23)29-11-3-5-18-37-29)24-14-15-25-27-16-17-28-26-10-1-2-12-31(26)40-35(28)34(27)39(30(25)21-24)32-13-4-6-19-38-32/h1-21,33H. The van der Waals surface area contributed by atoms with E-state index in [-0.39, 0.29) is 0 Å². The van der Waals surface area contributed by atoms with E-state index in [0.717, 1.165) is 60.8 Å². The molecule has 8 rings (SSSR count). The Morgan fingerprint density at radius 1 is 0.625 bits per heavy atom. The van der Waals surface area contributed by atoms with Crippen molar-refractivity contribution in [1.29, 1.82) is 0 Å². The Hall–Kier alpha value is -5.29. The van der Waals surface area contributed by atoms with Gasteiger partial charge < -0.3 is 4.42 Å². The second-order valence-corrected chi connectivity index (χ2v) is 9.94. The fourth-order valence-electron chi connectivity index (χ4n) is 5.76. The van der Waals surface area contributed by atoms with Gasteiger partial charge in [0.1, 0.15) is 11.4 Å². The summed E-state index contributed by atoms with van der Waals surface area (Å²) in [5.41, 5.74) is 6.29. The largest absolute Gasteiger partial charge is 0.454 e. The van der Waals surface area contributed by atoms with Crippen molar-refractivity contribution in [3.8, 4) is 17.1 Å². The summed E-state index contributed by atoms with van der Waals surface area (Å²) in [4.78, 5) is 9.11. The second-order valence-electron chi connectivity index (χ2n) is 9.94. The van der Waals surface area contributed by atoms with Crippen LogP contribution in [0.15, 0.2) is 132 Å². The molecule has 1 atom stereocenters. The summed E-state index contributed by atoms with van der Waals surface area (Å²) in [7, 11) is 0. The van der Waals surface area contributed by atoms with Crippen LogP contribution in [0.3, 0.4) is 0 Å². The van der Waals surface area contributed by atoms with Gasteiger partial charge >= 0.3 is 0 Å². The molecule has 0 aliphatic heterocycles. The van der Waals surface area contributed by atoms with E-state index in [9.17, 15) is 0 Å². The number of aromatic nitrogens is 3. The number of benzene rings is 4. The average Bonchev–Trinajstić information content (AvgIpc) is 3.57. The van der Waals surface area contributed by atoms with Crippen LogP contribution in [0.25, 0.3) is 60.8 Å². The van der Waals surface area contributed by atoms with Crippen molar-refractivity contribution in [1.82, 2.24) is 14.5 Å². The van der Waals surface area contributed by atoms with Crippen molar-refractivity contribution in [2.45, 2.75) is 6.17 Å². The Kier molecular flexibility index (Phi) is 5.04. The van der Waals surface area contributed by atoms with E-state index in [0.29, 0.717) is 11.1 Å². The van der Waals surface area contributed by atoms with Crippen LogP contribution in [-0.2, 0) is 0 Å². The minimum absolute atomic E-state index is 0.575. The highest BCUT2D eigenvalue weighted by Gasteiger charge is 2.21. The van der Waals surface area contributed by atoms with E-state index in [1.165, 1.54) is 0 Å². The SMILES string of the molecule is FC(c1cccc(-c2ccccn2)c1)c1ccc2c3ccc4c5ccccc5oc4c3n(-c3ccccn3)c2c1. The fraction of sp³-hybridized carbons (Fsp3) is 0.0286. The van der Waals surface area contributed by atoms with Crippen LogP contribution in [0, 0.1) is 0 Å². The first-order chi connectivity index (χ1) is 19.8. The quantitative estimate of drug-likeness (QED) is 0.233. The van der Waals surface area contributed by atoms with Crippen molar-refractivity contribution in [3.05, 3.63) is 139 Å².